The Hall–Kier alpha value is -0.590. The van der Waals surface area contributed by atoms with Crippen LogP contribution in [0.1, 0.15) is 52.4 Å². The lowest BCUT2D eigenvalue weighted by atomic mass is 9.91. The Bertz CT molecular complexity index is 203. The van der Waals surface area contributed by atoms with E-state index in [1.165, 1.54) is 12.8 Å². The summed E-state index contributed by atoms with van der Waals surface area (Å²) in [6.45, 7) is 4.30. The van der Waals surface area contributed by atoms with E-state index in [-0.39, 0.29) is 0 Å². The second-order valence-electron chi connectivity index (χ2n) is 4.12. The molecular weight excluding hydrogens is 160 g/mol. The smallest absolute Gasteiger partial charge is 0.158 e. The topological polar surface area (TPSA) is 17.1 Å². The summed E-state index contributed by atoms with van der Waals surface area (Å²) in [6, 6.07) is 0. The van der Waals surface area contributed by atoms with Crippen LogP contribution in [-0.4, -0.2) is 5.78 Å². The Morgan fingerprint density at radius 1 is 1.54 bits per heavy atom. The third kappa shape index (κ3) is 3.33. The third-order valence-corrected chi connectivity index (χ3v) is 2.88. The summed E-state index contributed by atoms with van der Waals surface area (Å²) in [6.07, 6.45) is 8.62. The van der Waals surface area contributed by atoms with Crippen molar-refractivity contribution in [3.05, 3.63) is 11.6 Å². The highest BCUT2D eigenvalue weighted by Crippen LogP contribution is 2.21. The van der Waals surface area contributed by atoms with Crippen molar-refractivity contribution in [2.75, 3.05) is 0 Å². The molecule has 0 N–H and O–H groups in total. The quantitative estimate of drug-likeness (QED) is 0.647. The van der Waals surface area contributed by atoms with Crippen molar-refractivity contribution < 1.29 is 4.79 Å². The molecule has 0 aromatic carbocycles. The second kappa shape index (κ2) is 5.21. The first kappa shape index (κ1) is 10.5. The number of Topliss-reactive ketones (excluding diaryl/α,β-unsaturated/α-hetero) is 1. The number of rotatable bonds is 4. The molecule has 0 aliphatic heterocycles. The molecule has 1 aliphatic rings. The number of carbonyl (C=O) groups excluding carboxylic acids is 1. The summed E-state index contributed by atoms with van der Waals surface area (Å²) in [5.74, 6) is 0.948. The minimum absolute atomic E-state index is 0.397. The Kier molecular flexibility index (Phi) is 4.20. The van der Waals surface area contributed by atoms with Gasteiger partial charge in [0.2, 0.25) is 0 Å². The van der Waals surface area contributed by atoms with Crippen LogP contribution >= 0.6 is 0 Å². The SMILES string of the molecule is CCC(C)CC(=O)C1=CCCCC1. The van der Waals surface area contributed by atoms with Crippen molar-refractivity contribution >= 4 is 5.78 Å². The zero-order chi connectivity index (χ0) is 9.68. The maximum atomic E-state index is 11.7. The van der Waals surface area contributed by atoms with Crippen LogP contribution in [0.4, 0.5) is 0 Å². The lowest BCUT2D eigenvalue weighted by Crippen LogP contribution is -2.09. The average Bonchev–Trinajstić information content (AvgIpc) is 2.19. The van der Waals surface area contributed by atoms with Gasteiger partial charge in [-0.05, 0) is 37.2 Å². The van der Waals surface area contributed by atoms with Crippen LogP contribution in [0.25, 0.3) is 0 Å². The first-order chi connectivity index (χ1) is 6.24. The number of ketones is 1. The van der Waals surface area contributed by atoms with Gasteiger partial charge in [0.15, 0.2) is 5.78 Å². The molecule has 1 rings (SSSR count). The lowest BCUT2D eigenvalue weighted by Gasteiger charge is -2.13. The lowest BCUT2D eigenvalue weighted by molar-refractivity contribution is -0.116. The molecule has 0 radical (unpaired) electrons. The van der Waals surface area contributed by atoms with Crippen molar-refractivity contribution in [3.63, 3.8) is 0 Å². The summed E-state index contributed by atoms with van der Waals surface area (Å²) in [7, 11) is 0. The van der Waals surface area contributed by atoms with Gasteiger partial charge in [0.25, 0.3) is 0 Å². The van der Waals surface area contributed by atoms with Crippen molar-refractivity contribution in [3.8, 4) is 0 Å². The third-order valence-electron chi connectivity index (χ3n) is 2.88. The minimum Gasteiger partial charge on any atom is -0.295 e. The maximum Gasteiger partial charge on any atom is 0.158 e. The van der Waals surface area contributed by atoms with Crippen LogP contribution in [0.5, 0.6) is 0 Å². The molecule has 1 unspecified atom stereocenters. The monoisotopic (exact) mass is 180 g/mol. The van der Waals surface area contributed by atoms with Gasteiger partial charge in [-0.3, -0.25) is 4.79 Å². The van der Waals surface area contributed by atoms with Gasteiger partial charge in [-0.25, -0.2) is 0 Å². The van der Waals surface area contributed by atoms with E-state index in [0.717, 1.165) is 31.3 Å². The summed E-state index contributed by atoms with van der Waals surface area (Å²) in [4.78, 5) is 11.7. The Labute approximate surface area is 81.2 Å². The van der Waals surface area contributed by atoms with Gasteiger partial charge >= 0.3 is 0 Å². The van der Waals surface area contributed by atoms with Crippen molar-refractivity contribution in [2.24, 2.45) is 5.92 Å². The standard InChI is InChI=1S/C12H20O/c1-3-10(2)9-12(13)11-7-5-4-6-8-11/h7,10H,3-6,8-9H2,1-2H3. The molecule has 1 heteroatoms. The Morgan fingerprint density at radius 2 is 2.31 bits per heavy atom. The van der Waals surface area contributed by atoms with Gasteiger partial charge in [0, 0.05) is 6.42 Å². The van der Waals surface area contributed by atoms with E-state index in [9.17, 15) is 4.79 Å². The second-order valence-corrected chi connectivity index (χ2v) is 4.12. The zero-order valence-electron chi connectivity index (χ0n) is 8.81. The van der Waals surface area contributed by atoms with Gasteiger partial charge in [-0.2, -0.15) is 0 Å². The average molecular weight is 180 g/mol. The summed E-state index contributed by atoms with van der Waals surface area (Å²) >= 11 is 0. The molecule has 0 aromatic heterocycles. The van der Waals surface area contributed by atoms with Crippen LogP contribution < -0.4 is 0 Å². The molecule has 74 valence electrons. The zero-order valence-corrected chi connectivity index (χ0v) is 8.81. The molecule has 0 amide bonds. The molecule has 1 nitrogen and oxygen atoms in total. The molecule has 0 saturated carbocycles. The van der Waals surface area contributed by atoms with Gasteiger partial charge < -0.3 is 0 Å². The molecule has 0 fully saturated rings. The molecule has 13 heavy (non-hydrogen) atoms. The van der Waals surface area contributed by atoms with E-state index in [1.807, 2.05) is 0 Å². The van der Waals surface area contributed by atoms with Gasteiger partial charge in [-0.15, -0.1) is 0 Å². The fraction of sp³-hybridized carbons (Fsp3) is 0.750. The summed E-state index contributed by atoms with van der Waals surface area (Å²) in [5, 5.41) is 0. The molecule has 1 atom stereocenters. The van der Waals surface area contributed by atoms with Crippen molar-refractivity contribution in [1.82, 2.24) is 0 Å². The van der Waals surface area contributed by atoms with Crippen molar-refractivity contribution in [1.29, 1.82) is 0 Å². The highest BCUT2D eigenvalue weighted by atomic mass is 16.1. The maximum absolute atomic E-state index is 11.7. The highest BCUT2D eigenvalue weighted by Gasteiger charge is 2.14. The first-order valence-corrected chi connectivity index (χ1v) is 5.46. The first-order valence-electron chi connectivity index (χ1n) is 5.46. The summed E-state index contributed by atoms with van der Waals surface area (Å²) in [5.41, 5.74) is 1.10. The van der Waals surface area contributed by atoms with E-state index >= 15 is 0 Å². The van der Waals surface area contributed by atoms with Gasteiger partial charge in [0.1, 0.15) is 0 Å². The fourth-order valence-corrected chi connectivity index (χ4v) is 1.68. The number of hydrogen-bond donors (Lipinski definition) is 0. The molecular formula is C12H20O. The van der Waals surface area contributed by atoms with E-state index in [1.54, 1.807) is 0 Å². The van der Waals surface area contributed by atoms with Gasteiger partial charge in [-0.1, -0.05) is 26.3 Å². The fourth-order valence-electron chi connectivity index (χ4n) is 1.68. The minimum atomic E-state index is 0.397. The Morgan fingerprint density at radius 3 is 2.85 bits per heavy atom. The summed E-state index contributed by atoms with van der Waals surface area (Å²) < 4.78 is 0. The molecule has 1 aliphatic carbocycles. The molecule has 0 spiro atoms. The van der Waals surface area contributed by atoms with Crippen LogP contribution in [0.15, 0.2) is 11.6 Å². The van der Waals surface area contributed by atoms with Crippen molar-refractivity contribution in [2.45, 2.75) is 52.4 Å². The van der Waals surface area contributed by atoms with Crippen LogP contribution in [0.3, 0.4) is 0 Å². The van der Waals surface area contributed by atoms with E-state index in [4.69, 9.17) is 0 Å². The van der Waals surface area contributed by atoms with E-state index < -0.39 is 0 Å². The highest BCUT2D eigenvalue weighted by molar-refractivity contribution is 5.95. The molecule has 0 bridgehead atoms. The number of hydrogen-bond acceptors (Lipinski definition) is 1. The largest absolute Gasteiger partial charge is 0.295 e. The Balaban J connectivity index is 2.42. The predicted octanol–water partition coefficient (Wildman–Crippen LogP) is 3.49. The van der Waals surface area contributed by atoms with E-state index in [0.29, 0.717) is 11.7 Å². The predicted molar refractivity (Wildman–Crippen MR) is 55.6 cm³/mol. The van der Waals surface area contributed by atoms with Gasteiger partial charge in [0.05, 0.1) is 0 Å². The normalized spacial score (nSPS) is 19.4. The molecule has 0 heterocycles. The van der Waals surface area contributed by atoms with Crippen LogP contribution in [0.2, 0.25) is 0 Å². The van der Waals surface area contributed by atoms with Crippen LogP contribution in [-0.2, 0) is 4.79 Å². The molecule has 0 aromatic rings. The number of allylic oxidation sites excluding steroid dienone is 2. The number of carbonyl (C=O) groups is 1. The van der Waals surface area contributed by atoms with E-state index in [2.05, 4.69) is 19.9 Å². The van der Waals surface area contributed by atoms with Crippen LogP contribution in [0, 0.1) is 5.92 Å². The molecule has 0 saturated heterocycles.